The van der Waals surface area contributed by atoms with Crippen LogP contribution >= 0.6 is 0 Å². The zero-order chi connectivity index (χ0) is 11.6. The molecule has 0 aliphatic carbocycles. The number of ether oxygens (including phenoxy) is 1. The molecule has 1 aromatic rings. The van der Waals surface area contributed by atoms with Crippen LogP contribution in [0, 0.1) is 12.7 Å². The van der Waals surface area contributed by atoms with E-state index in [1.54, 1.807) is 6.92 Å². The van der Waals surface area contributed by atoms with Gasteiger partial charge in [0.2, 0.25) is 0 Å². The maximum atomic E-state index is 13.6. The summed E-state index contributed by atoms with van der Waals surface area (Å²) in [6.07, 6.45) is 0. The van der Waals surface area contributed by atoms with Gasteiger partial charge in [-0.1, -0.05) is 0 Å². The standard InChI is InChI=1S/C10H12FNO3/c1-5-3-6(7(13)4-12)8(11)10(15-2)9(5)14/h3,14H,4,12H2,1-2H3. The molecule has 0 spiro atoms. The molecule has 0 fully saturated rings. The van der Waals surface area contributed by atoms with Crippen LogP contribution in [0.5, 0.6) is 11.5 Å². The molecule has 0 aromatic heterocycles. The normalized spacial score (nSPS) is 10.1. The Morgan fingerprint density at radius 1 is 1.67 bits per heavy atom. The molecule has 0 heterocycles. The quantitative estimate of drug-likeness (QED) is 0.734. The number of hydrogen-bond acceptors (Lipinski definition) is 4. The van der Waals surface area contributed by atoms with Gasteiger partial charge in [-0.2, -0.15) is 0 Å². The van der Waals surface area contributed by atoms with Crippen LogP contribution in [0.1, 0.15) is 15.9 Å². The summed E-state index contributed by atoms with van der Waals surface area (Å²) in [6, 6.07) is 1.25. The van der Waals surface area contributed by atoms with Crippen molar-refractivity contribution in [3.8, 4) is 11.5 Å². The molecule has 4 nitrogen and oxygen atoms in total. The van der Waals surface area contributed by atoms with Crippen LogP contribution in [-0.2, 0) is 0 Å². The SMILES string of the molecule is COc1c(O)c(C)cc(C(=O)CN)c1F. The fourth-order valence-electron chi connectivity index (χ4n) is 1.25. The Hall–Kier alpha value is -1.62. The van der Waals surface area contributed by atoms with Crippen molar-refractivity contribution in [3.63, 3.8) is 0 Å². The molecule has 1 rings (SSSR count). The number of rotatable bonds is 3. The lowest BCUT2D eigenvalue weighted by atomic mass is 10.1. The Morgan fingerprint density at radius 3 is 2.73 bits per heavy atom. The lowest BCUT2D eigenvalue weighted by Gasteiger charge is -2.10. The molecule has 1 aromatic carbocycles. The number of aryl methyl sites for hydroxylation is 1. The highest BCUT2D eigenvalue weighted by atomic mass is 19.1. The van der Waals surface area contributed by atoms with Gasteiger partial charge in [0.1, 0.15) is 0 Å². The molecular formula is C10H12FNO3. The molecule has 0 saturated heterocycles. The van der Waals surface area contributed by atoms with E-state index in [9.17, 15) is 14.3 Å². The van der Waals surface area contributed by atoms with E-state index in [-0.39, 0.29) is 23.6 Å². The van der Waals surface area contributed by atoms with Gasteiger partial charge in [-0.15, -0.1) is 0 Å². The minimum absolute atomic E-state index is 0.162. The van der Waals surface area contributed by atoms with E-state index in [0.29, 0.717) is 5.56 Å². The molecule has 5 heteroatoms. The Bertz CT molecular complexity index is 404. The average molecular weight is 213 g/mol. The lowest BCUT2D eigenvalue weighted by molar-refractivity contribution is 0.0996. The summed E-state index contributed by atoms with van der Waals surface area (Å²) < 4.78 is 18.3. The maximum absolute atomic E-state index is 13.6. The molecule has 0 atom stereocenters. The number of methoxy groups -OCH3 is 1. The van der Waals surface area contributed by atoms with Gasteiger partial charge in [0.05, 0.1) is 19.2 Å². The second kappa shape index (κ2) is 4.27. The third-order valence-electron chi connectivity index (χ3n) is 2.08. The summed E-state index contributed by atoms with van der Waals surface area (Å²) in [4.78, 5) is 11.3. The molecule has 0 aliphatic heterocycles. The number of benzene rings is 1. The van der Waals surface area contributed by atoms with E-state index in [1.165, 1.54) is 13.2 Å². The lowest BCUT2D eigenvalue weighted by Crippen LogP contribution is -2.15. The summed E-state index contributed by atoms with van der Waals surface area (Å²) in [6.45, 7) is 1.26. The van der Waals surface area contributed by atoms with Crippen LogP contribution in [0.15, 0.2) is 6.07 Å². The summed E-state index contributed by atoms with van der Waals surface area (Å²) >= 11 is 0. The number of hydrogen-bond donors (Lipinski definition) is 2. The van der Waals surface area contributed by atoms with Crippen LogP contribution in [-0.4, -0.2) is 24.5 Å². The molecule has 82 valence electrons. The Morgan fingerprint density at radius 2 is 2.27 bits per heavy atom. The van der Waals surface area contributed by atoms with Crippen LogP contribution < -0.4 is 10.5 Å². The summed E-state index contributed by atoms with van der Waals surface area (Å²) in [5.74, 6) is -2.04. The zero-order valence-corrected chi connectivity index (χ0v) is 8.50. The Balaban J connectivity index is 3.43. The van der Waals surface area contributed by atoms with Gasteiger partial charge in [0.25, 0.3) is 0 Å². The first-order valence-electron chi connectivity index (χ1n) is 4.32. The van der Waals surface area contributed by atoms with Crippen molar-refractivity contribution in [1.82, 2.24) is 0 Å². The molecule has 0 unspecified atom stereocenters. The molecule has 0 saturated carbocycles. The van der Waals surface area contributed by atoms with Crippen LogP contribution in [0.4, 0.5) is 4.39 Å². The van der Waals surface area contributed by atoms with E-state index in [2.05, 4.69) is 4.74 Å². The van der Waals surface area contributed by atoms with Crippen molar-refractivity contribution in [2.75, 3.05) is 13.7 Å². The predicted octanol–water partition coefficient (Wildman–Crippen LogP) is 0.990. The molecule has 3 N–H and O–H groups in total. The number of carbonyl (C=O) groups excluding carboxylic acids is 1. The van der Waals surface area contributed by atoms with E-state index in [1.807, 2.05) is 0 Å². The van der Waals surface area contributed by atoms with Crippen molar-refractivity contribution in [2.24, 2.45) is 5.73 Å². The number of Topliss-reactive ketones (excluding diaryl/α,β-unsaturated/α-hetero) is 1. The van der Waals surface area contributed by atoms with Gasteiger partial charge >= 0.3 is 0 Å². The molecule has 0 radical (unpaired) electrons. The van der Waals surface area contributed by atoms with E-state index >= 15 is 0 Å². The van der Waals surface area contributed by atoms with Crippen molar-refractivity contribution in [2.45, 2.75) is 6.92 Å². The fourth-order valence-corrected chi connectivity index (χ4v) is 1.25. The number of halogens is 1. The largest absolute Gasteiger partial charge is 0.504 e. The first kappa shape index (κ1) is 11.5. The Labute approximate surface area is 86.5 Å². The van der Waals surface area contributed by atoms with Crippen LogP contribution in [0.25, 0.3) is 0 Å². The highest BCUT2D eigenvalue weighted by molar-refractivity contribution is 5.98. The highest BCUT2D eigenvalue weighted by Gasteiger charge is 2.20. The zero-order valence-electron chi connectivity index (χ0n) is 8.50. The molecule has 0 bridgehead atoms. The second-order valence-electron chi connectivity index (χ2n) is 3.06. The van der Waals surface area contributed by atoms with E-state index in [4.69, 9.17) is 5.73 Å². The Kier molecular flexibility index (Phi) is 3.26. The van der Waals surface area contributed by atoms with Crippen LogP contribution in [0.2, 0.25) is 0 Å². The van der Waals surface area contributed by atoms with Gasteiger partial charge in [0, 0.05) is 0 Å². The molecular weight excluding hydrogens is 201 g/mol. The van der Waals surface area contributed by atoms with E-state index in [0.717, 1.165) is 0 Å². The third kappa shape index (κ3) is 1.92. The number of ketones is 1. The minimum atomic E-state index is -0.879. The number of phenolic OH excluding ortho intramolecular Hbond substituents is 1. The first-order chi connectivity index (χ1) is 7.02. The monoisotopic (exact) mass is 213 g/mol. The van der Waals surface area contributed by atoms with Crippen molar-refractivity contribution in [1.29, 1.82) is 0 Å². The number of aromatic hydroxyl groups is 1. The second-order valence-corrected chi connectivity index (χ2v) is 3.06. The number of carbonyl (C=O) groups is 1. The smallest absolute Gasteiger partial charge is 0.197 e. The van der Waals surface area contributed by atoms with Gasteiger partial charge in [-0.3, -0.25) is 4.79 Å². The first-order valence-corrected chi connectivity index (χ1v) is 4.32. The van der Waals surface area contributed by atoms with Crippen molar-refractivity contribution >= 4 is 5.78 Å². The highest BCUT2D eigenvalue weighted by Crippen LogP contribution is 2.34. The van der Waals surface area contributed by atoms with Crippen molar-refractivity contribution in [3.05, 3.63) is 23.0 Å². The number of nitrogens with two attached hydrogens (primary N) is 1. The topological polar surface area (TPSA) is 72.5 Å². The maximum Gasteiger partial charge on any atom is 0.197 e. The predicted molar refractivity (Wildman–Crippen MR) is 52.7 cm³/mol. The number of phenols is 1. The minimum Gasteiger partial charge on any atom is -0.504 e. The van der Waals surface area contributed by atoms with Gasteiger partial charge in [-0.05, 0) is 18.6 Å². The fraction of sp³-hybridized carbons (Fsp3) is 0.300. The third-order valence-corrected chi connectivity index (χ3v) is 2.08. The van der Waals surface area contributed by atoms with Gasteiger partial charge in [0.15, 0.2) is 23.1 Å². The summed E-state index contributed by atoms with van der Waals surface area (Å²) in [5.41, 5.74) is 5.34. The summed E-state index contributed by atoms with van der Waals surface area (Å²) in [5, 5.41) is 9.45. The van der Waals surface area contributed by atoms with Crippen LogP contribution in [0.3, 0.4) is 0 Å². The summed E-state index contributed by atoms with van der Waals surface area (Å²) in [7, 11) is 1.22. The molecule has 15 heavy (non-hydrogen) atoms. The molecule has 0 aliphatic rings. The van der Waals surface area contributed by atoms with E-state index < -0.39 is 11.6 Å². The molecule has 0 amide bonds. The van der Waals surface area contributed by atoms with Crippen molar-refractivity contribution < 1.29 is 19.0 Å². The van der Waals surface area contributed by atoms with Gasteiger partial charge < -0.3 is 15.6 Å². The average Bonchev–Trinajstić information content (AvgIpc) is 2.23. The van der Waals surface area contributed by atoms with Gasteiger partial charge in [-0.25, -0.2) is 4.39 Å².